The monoisotopic (exact) mass is 412 g/mol. The number of hydrogen-bond acceptors (Lipinski definition) is 3. The van der Waals surface area contributed by atoms with Crippen LogP contribution in [0.25, 0.3) is 43.4 Å². The number of aromatic nitrogens is 2. The largest absolute Gasteiger partial charge is 0.344 e. The Bertz CT molecular complexity index is 1160. The molecule has 0 saturated carbocycles. The Hall–Kier alpha value is -2.95. The summed E-state index contributed by atoms with van der Waals surface area (Å²) in [5.41, 5.74) is 7.07. The highest BCUT2D eigenvalue weighted by molar-refractivity contribution is 7.16. The quantitative estimate of drug-likeness (QED) is 0.320. The van der Waals surface area contributed by atoms with Crippen molar-refractivity contribution in [1.29, 1.82) is 0 Å². The number of nitrogens with zero attached hydrogens (tertiary/aromatic N) is 1. The van der Waals surface area contributed by atoms with E-state index in [2.05, 4.69) is 91.6 Å². The highest BCUT2D eigenvalue weighted by atomic mass is 32.1. The molecule has 0 bridgehead atoms. The number of hydrogen-bond donors (Lipinski definition) is 1. The fourth-order valence-corrected chi connectivity index (χ4v) is 5.70. The van der Waals surface area contributed by atoms with Crippen LogP contribution in [0.2, 0.25) is 0 Å². The van der Waals surface area contributed by atoms with E-state index in [0.717, 1.165) is 11.4 Å². The van der Waals surface area contributed by atoms with E-state index >= 15 is 0 Å². The summed E-state index contributed by atoms with van der Waals surface area (Å²) in [6, 6.07) is 25.7. The van der Waals surface area contributed by atoms with Crippen LogP contribution in [0, 0.1) is 13.8 Å². The van der Waals surface area contributed by atoms with E-state index in [4.69, 9.17) is 4.98 Å². The molecule has 3 aromatic heterocycles. The predicted molar refractivity (Wildman–Crippen MR) is 126 cm³/mol. The molecule has 5 rings (SSSR count). The van der Waals surface area contributed by atoms with Crippen LogP contribution in [0.4, 0.5) is 0 Å². The second-order valence-electron chi connectivity index (χ2n) is 7.02. The van der Waals surface area contributed by atoms with Crippen LogP contribution in [0.5, 0.6) is 0 Å². The summed E-state index contributed by atoms with van der Waals surface area (Å²) >= 11 is 3.66. The van der Waals surface area contributed by atoms with Crippen molar-refractivity contribution in [1.82, 2.24) is 9.97 Å². The van der Waals surface area contributed by atoms with Crippen LogP contribution >= 0.6 is 22.7 Å². The number of imidazole rings is 1. The molecule has 0 amide bonds. The average molecular weight is 413 g/mol. The van der Waals surface area contributed by atoms with Crippen LogP contribution in [0.1, 0.15) is 9.75 Å². The number of rotatable bonds is 4. The van der Waals surface area contributed by atoms with Crippen molar-refractivity contribution in [3.05, 3.63) is 88.9 Å². The number of H-pyrrole nitrogens is 1. The molecule has 0 aliphatic heterocycles. The van der Waals surface area contributed by atoms with Crippen LogP contribution in [0.15, 0.2) is 79.1 Å². The molecule has 0 unspecified atom stereocenters. The van der Waals surface area contributed by atoms with E-state index in [9.17, 15) is 0 Å². The number of aromatic amines is 1. The number of nitrogens with one attached hydrogen (secondary N) is 1. The highest BCUT2D eigenvalue weighted by Gasteiger charge is 2.19. The maximum Gasteiger partial charge on any atom is 0.0972 e. The van der Waals surface area contributed by atoms with Gasteiger partial charge in [-0.05, 0) is 37.1 Å². The van der Waals surface area contributed by atoms with E-state index in [-0.39, 0.29) is 0 Å². The lowest BCUT2D eigenvalue weighted by atomic mass is 10.0. The Labute approximate surface area is 178 Å². The van der Waals surface area contributed by atoms with Crippen molar-refractivity contribution in [2.24, 2.45) is 0 Å². The molecule has 3 heterocycles. The van der Waals surface area contributed by atoms with E-state index < -0.39 is 0 Å². The lowest BCUT2D eigenvalue weighted by molar-refractivity contribution is 1.31. The molecule has 1 N–H and O–H groups in total. The zero-order valence-electron chi connectivity index (χ0n) is 16.3. The summed E-state index contributed by atoms with van der Waals surface area (Å²) in [5.74, 6) is 0. The SMILES string of the molecule is Cc1sc(-c2ccccc2)cc1-c1nc[nH]c1-c1cc(-c2ccccc2)sc1C. The Kier molecular flexibility index (Phi) is 4.66. The van der Waals surface area contributed by atoms with Gasteiger partial charge >= 0.3 is 0 Å². The molecule has 2 aromatic carbocycles. The first-order valence-corrected chi connectivity index (χ1v) is 11.2. The molecule has 0 spiro atoms. The molecule has 2 nitrogen and oxygen atoms in total. The van der Waals surface area contributed by atoms with Crippen molar-refractivity contribution < 1.29 is 0 Å². The molecule has 0 atom stereocenters. The average Bonchev–Trinajstić information content (AvgIpc) is 3.47. The summed E-state index contributed by atoms with van der Waals surface area (Å²) in [4.78, 5) is 13.3. The summed E-state index contributed by atoms with van der Waals surface area (Å²) in [6.45, 7) is 4.37. The number of thiophene rings is 2. The lowest BCUT2D eigenvalue weighted by Gasteiger charge is -2.02. The minimum atomic E-state index is 1.03. The minimum Gasteiger partial charge on any atom is -0.344 e. The fourth-order valence-electron chi connectivity index (χ4n) is 3.64. The van der Waals surface area contributed by atoms with Crippen LogP contribution in [-0.2, 0) is 0 Å². The van der Waals surface area contributed by atoms with Crippen molar-refractivity contribution in [3.63, 3.8) is 0 Å². The molecule has 0 fully saturated rings. The molecular formula is C25H20N2S2. The van der Waals surface area contributed by atoms with E-state index in [1.807, 2.05) is 29.0 Å². The second-order valence-corrected chi connectivity index (χ2v) is 9.53. The van der Waals surface area contributed by atoms with Gasteiger partial charge in [0.25, 0.3) is 0 Å². The molecule has 5 aromatic rings. The zero-order valence-corrected chi connectivity index (χ0v) is 17.9. The molecule has 142 valence electrons. The second kappa shape index (κ2) is 7.47. The van der Waals surface area contributed by atoms with Gasteiger partial charge in [0.05, 0.1) is 17.7 Å². The Morgan fingerprint density at radius 3 is 1.79 bits per heavy atom. The van der Waals surface area contributed by atoms with Crippen LogP contribution in [-0.4, -0.2) is 9.97 Å². The first-order chi connectivity index (χ1) is 14.2. The fraction of sp³-hybridized carbons (Fsp3) is 0.0800. The highest BCUT2D eigenvalue weighted by Crippen LogP contribution is 2.42. The Morgan fingerprint density at radius 2 is 1.21 bits per heavy atom. The summed E-state index contributed by atoms with van der Waals surface area (Å²) < 4.78 is 0. The topological polar surface area (TPSA) is 28.7 Å². The third kappa shape index (κ3) is 3.35. The van der Waals surface area contributed by atoms with Crippen molar-refractivity contribution >= 4 is 22.7 Å². The standard InChI is InChI=1S/C25H20N2S2/c1-16-20(13-22(28-16)18-9-5-3-6-10-18)24-25(27-15-26-24)21-14-23(29-17(21)2)19-11-7-4-8-12-19/h3-15H,1-2H3,(H,26,27). The third-order valence-electron chi connectivity index (χ3n) is 5.12. The first-order valence-electron chi connectivity index (χ1n) is 9.56. The lowest BCUT2D eigenvalue weighted by Crippen LogP contribution is -1.84. The van der Waals surface area contributed by atoms with Gasteiger partial charge < -0.3 is 4.98 Å². The Morgan fingerprint density at radius 1 is 0.690 bits per heavy atom. The first kappa shape index (κ1) is 18.1. The van der Waals surface area contributed by atoms with E-state index in [1.54, 1.807) is 0 Å². The molecule has 0 aliphatic rings. The number of benzene rings is 2. The maximum absolute atomic E-state index is 4.71. The predicted octanol–water partition coefficient (Wildman–Crippen LogP) is 7.82. The van der Waals surface area contributed by atoms with Gasteiger partial charge in [0.15, 0.2) is 0 Å². The summed E-state index contributed by atoms with van der Waals surface area (Å²) in [7, 11) is 0. The van der Waals surface area contributed by atoms with Gasteiger partial charge in [0.1, 0.15) is 0 Å². The van der Waals surface area contributed by atoms with Crippen LogP contribution in [0.3, 0.4) is 0 Å². The van der Waals surface area contributed by atoms with Crippen LogP contribution < -0.4 is 0 Å². The number of aryl methyl sites for hydroxylation is 2. The molecule has 4 heteroatoms. The van der Waals surface area contributed by atoms with Gasteiger partial charge in [-0.3, -0.25) is 0 Å². The van der Waals surface area contributed by atoms with Gasteiger partial charge in [0, 0.05) is 30.6 Å². The molecular weight excluding hydrogens is 392 g/mol. The van der Waals surface area contributed by atoms with Gasteiger partial charge in [-0.1, -0.05) is 60.7 Å². The molecule has 0 saturated heterocycles. The summed E-state index contributed by atoms with van der Waals surface area (Å²) in [5, 5.41) is 0. The van der Waals surface area contributed by atoms with Gasteiger partial charge in [-0.2, -0.15) is 0 Å². The smallest absolute Gasteiger partial charge is 0.0972 e. The zero-order chi connectivity index (χ0) is 19.8. The Balaban J connectivity index is 1.58. The van der Waals surface area contributed by atoms with Gasteiger partial charge in [0.2, 0.25) is 0 Å². The normalized spacial score (nSPS) is 11.1. The third-order valence-corrected chi connectivity index (χ3v) is 7.32. The van der Waals surface area contributed by atoms with Crippen molar-refractivity contribution in [3.8, 4) is 43.4 Å². The molecule has 29 heavy (non-hydrogen) atoms. The molecule has 0 aliphatic carbocycles. The molecule has 0 radical (unpaired) electrons. The maximum atomic E-state index is 4.71. The van der Waals surface area contributed by atoms with Gasteiger partial charge in [-0.15, -0.1) is 22.7 Å². The van der Waals surface area contributed by atoms with E-state index in [0.29, 0.717) is 0 Å². The summed E-state index contributed by atoms with van der Waals surface area (Å²) in [6.07, 6.45) is 1.81. The van der Waals surface area contributed by atoms with Crippen molar-refractivity contribution in [2.45, 2.75) is 13.8 Å². The minimum absolute atomic E-state index is 1.03. The van der Waals surface area contributed by atoms with Gasteiger partial charge in [-0.25, -0.2) is 4.98 Å². The van der Waals surface area contributed by atoms with E-state index in [1.165, 1.54) is 41.8 Å². The van der Waals surface area contributed by atoms with Crippen molar-refractivity contribution in [2.75, 3.05) is 0 Å².